The highest BCUT2D eigenvalue weighted by Crippen LogP contribution is 2.21. The van der Waals surface area contributed by atoms with Crippen LogP contribution in [0, 0.1) is 0 Å². The Hall–Kier alpha value is -1.26. The van der Waals surface area contributed by atoms with Gasteiger partial charge in [-0.15, -0.1) is 0 Å². The van der Waals surface area contributed by atoms with Crippen LogP contribution in [-0.2, 0) is 4.84 Å². The second-order valence-corrected chi connectivity index (χ2v) is 4.40. The molecular weight excluding hydrogens is 263 g/mol. The number of rotatable bonds is 2. The normalized spacial score (nSPS) is 11.2. The molecule has 6 heteroatoms. The number of amides is 1. The summed E-state index contributed by atoms with van der Waals surface area (Å²) in [6.45, 7) is 1.68. The average molecular weight is 275 g/mol. The quantitative estimate of drug-likeness (QED) is 0.471. The molecule has 0 N–H and O–H groups in total. The number of carbonyl (C=O) groups is 1. The molecule has 0 aliphatic rings. The smallest absolute Gasteiger partial charge is 0.312 e. The van der Waals surface area contributed by atoms with Gasteiger partial charge in [0.1, 0.15) is 0 Å². The van der Waals surface area contributed by atoms with Crippen LogP contribution in [0.2, 0.25) is 10.0 Å². The topological polar surface area (TPSA) is 41.9 Å². The van der Waals surface area contributed by atoms with Crippen LogP contribution in [-0.4, -0.2) is 30.8 Å². The molecule has 4 nitrogen and oxygen atoms in total. The van der Waals surface area contributed by atoms with Crippen molar-refractivity contribution in [2.45, 2.75) is 6.92 Å². The molecule has 0 fully saturated rings. The van der Waals surface area contributed by atoms with Gasteiger partial charge in [-0.3, -0.25) is 4.84 Å². The van der Waals surface area contributed by atoms with E-state index in [4.69, 9.17) is 23.2 Å². The Morgan fingerprint density at radius 2 is 2.00 bits per heavy atom. The molecule has 0 saturated carbocycles. The van der Waals surface area contributed by atoms with Gasteiger partial charge in [-0.25, -0.2) is 4.79 Å². The number of oxime groups is 1. The van der Waals surface area contributed by atoms with Gasteiger partial charge in [0, 0.05) is 29.7 Å². The van der Waals surface area contributed by atoms with Crippen LogP contribution in [0.3, 0.4) is 0 Å². The average Bonchev–Trinajstić information content (AvgIpc) is 2.28. The van der Waals surface area contributed by atoms with Crippen LogP contribution in [0.5, 0.6) is 0 Å². The molecule has 0 atom stereocenters. The third-order valence-corrected chi connectivity index (χ3v) is 2.51. The Morgan fingerprint density at radius 1 is 1.35 bits per heavy atom. The first-order valence-electron chi connectivity index (χ1n) is 4.80. The molecule has 92 valence electrons. The van der Waals surface area contributed by atoms with Crippen molar-refractivity contribution in [2.75, 3.05) is 14.1 Å². The van der Waals surface area contributed by atoms with Crippen molar-refractivity contribution in [3.8, 4) is 0 Å². The maximum atomic E-state index is 11.2. The molecule has 1 rings (SSSR count). The van der Waals surface area contributed by atoms with E-state index >= 15 is 0 Å². The summed E-state index contributed by atoms with van der Waals surface area (Å²) in [5.41, 5.74) is 1.11. The first-order valence-corrected chi connectivity index (χ1v) is 5.55. The van der Waals surface area contributed by atoms with Crippen LogP contribution >= 0.6 is 23.2 Å². The van der Waals surface area contributed by atoms with Crippen LogP contribution in [0.4, 0.5) is 4.79 Å². The minimum atomic E-state index is -0.553. The van der Waals surface area contributed by atoms with Crippen molar-refractivity contribution in [2.24, 2.45) is 5.16 Å². The van der Waals surface area contributed by atoms with Crippen LogP contribution in [0.15, 0.2) is 23.4 Å². The van der Waals surface area contributed by atoms with E-state index in [0.717, 1.165) is 0 Å². The van der Waals surface area contributed by atoms with Crippen molar-refractivity contribution in [1.29, 1.82) is 0 Å². The lowest BCUT2D eigenvalue weighted by Crippen LogP contribution is -2.21. The van der Waals surface area contributed by atoms with E-state index in [2.05, 4.69) is 9.99 Å². The van der Waals surface area contributed by atoms with E-state index in [9.17, 15) is 4.79 Å². The number of hydrogen-bond donors (Lipinski definition) is 0. The number of benzene rings is 1. The zero-order valence-corrected chi connectivity index (χ0v) is 11.2. The standard InChI is InChI=1S/C11H12Cl2N2O2/c1-7(14-17-11(16)15(2)3)9-6-8(12)4-5-10(9)13/h4-6H,1-3H3. The summed E-state index contributed by atoms with van der Waals surface area (Å²) in [7, 11) is 3.14. The lowest BCUT2D eigenvalue weighted by atomic mass is 10.1. The molecule has 0 heterocycles. The fourth-order valence-electron chi connectivity index (χ4n) is 1.01. The summed E-state index contributed by atoms with van der Waals surface area (Å²) in [4.78, 5) is 17.1. The maximum absolute atomic E-state index is 11.2. The maximum Gasteiger partial charge on any atom is 0.435 e. The van der Waals surface area contributed by atoms with E-state index in [-0.39, 0.29) is 0 Å². The SMILES string of the molecule is CC(=NOC(=O)N(C)C)c1cc(Cl)ccc1Cl. The Morgan fingerprint density at radius 3 is 2.59 bits per heavy atom. The van der Waals surface area contributed by atoms with E-state index < -0.39 is 6.09 Å². The molecule has 17 heavy (non-hydrogen) atoms. The van der Waals surface area contributed by atoms with Crippen LogP contribution in [0.1, 0.15) is 12.5 Å². The first-order chi connectivity index (χ1) is 7.91. The molecule has 0 unspecified atom stereocenters. The summed E-state index contributed by atoms with van der Waals surface area (Å²) in [5, 5.41) is 4.74. The molecule has 1 aromatic carbocycles. The van der Waals surface area contributed by atoms with Crippen molar-refractivity contribution in [1.82, 2.24) is 4.90 Å². The number of halogens is 2. The minimum Gasteiger partial charge on any atom is -0.312 e. The van der Waals surface area contributed by atoms with Crippen LogP contribution < -0.4 is 0 Å². The summed E-state index contributed by atoms with van der Waals surface area (Å²) < 4.78 is 0. The summed E-state index contributed by atoms with van der Waals surface area (Å²) in [5.74, 6) is 0. The lowest BCUT2D eigenvalue weighted by molar-refractivity contribution is 0.122. The van der Waals surface area contributed by atoms with E-state index in [1.165, 1.54) is 4.90 Å². The monoisotopic (exact) mass is 274 g/mol. The van der Waals surface area contributed by atoms with E-state index in [0.29, 0.717) is 21.3 Å². The molecular formula is C11H12Cl2N2O2. The Labute approximate surface area is 110 Å². The molecule has 0 saturated heterocycles. The van der Waals surface area contributed by atoms with Gasteiger partial charge in [-0.2, -0.15) is 0 Å². The molecule has 0 spiro atoms. The highest BCUT2D eigenvalue weighted by Gasteiger charge is 2.08. The minimum absolute atomic E-state index is 0.479. The molecule has 0 aromatic heterocycles. The Kier molecular flexibility index (Phi) is 4.78. The van der Waals surface area contributed by atoms with Gasteiger partial charge in [0.15, 0.2) is 0 Å². The number of nitrogens with zero attached hydrogens (tertiary/aromatic N) is 2. The number of hydrogen-bond acceptors (Lipinski definition) is 3. The second kappa shape index (κ2) is 5.89. The third kappa shape index (κ3) is 3.91. The summed E-state index contributed by atoms with van der Waals surface area (Å²) in [6, 6.07) is 4.99. The Bertz CT molecular complexity index is 459. The predicted octanol–water partition coefficient (Wildman–Crippen LogP) is 3.42. The fourth-order valence-corrected chi connectivity index (χ4v) is 1.44. The fraction of sp³-hybridized carbons (Fsp3) is 0.273. The number of carbonyl (C=O) groups excluding carboxylic acids is 1. The first kappa shape index (κ1) is 13.8. The van der Waals surface area contributed by atoms with Gasteiger partial charge in [0.2, 0.25) is 0 Å². The van der Waals surface area contributed by atoms with Crippen LogP contribution in [0.25, 0.3) is 0 Å². The molecule has 1 aromatic rings. The summed E-state index contributed by atoms with van der Waals surface area (Å²) >= 11 is 11.8. The van der Waals surface area contributed by atoms with Crippen molar-refractivity contribution in [3.05, 3.63) is 33.8 Å². The molecule has 0 aliphatic carbocycles. The molecule has 0 radical (unpaired) electrons. The van der Waals surface area contributed by atoms with Gasteiger partial charge in [-0.05, 0) is 25.1 Å². The van der Waals surface area contributed by atoms with Gasteiger partial charge >= 0.3 is 6.09 Å². The predicted molar refractivity (Wildman–Crippen MR) is 68.8 cm³/mol. The van der Waals surface area contributed by atoms with Crippen molar-refractivity contribution >= 4 is 35.0 Å². The molecule has 0 bridgehead atoms. The van der Waals surface area contributed by atoms with Crippen molar-refractivity contribution in [3.63, 3.8) is 0 Å². The highest BCUT2D eigenvalue weighted by molar-refractivity contribution is 6.36. The van der Waals surface area contributed by atoms with E-state index in [1.54, 1.807) is 39.2 Å². The zero-order chi connectivity index (χ0) is 13.0. The van der Waals surface area contributed by atoms with Gasteiger partial charge in [-0.1, -0.05) is 28.4 Å². The highest BCUT2D eigenvalue weighted by atomic mass is 35.5. The lowest BCUT2D eigenvalue weighted by Gasteiger charge is -2.08. The van der Waals surface area contributed by atoms with Gasteiger partial charge in [0.05, 0.1) is 5.71 Å². The largest absolute Gasteiger partial charge is 0.435 e. The van der Waals surface area contributed by atoms with Gasteiger partial charge < -0.3 is 4.90 Å². The van der Waals surface area contributed by atoms with Crippen molar-refractivity contribution < 1.29 is 9.63 Å². The summed E-state index contributed by atoms with van der Waals surface area (Å²) in [6.07, 6.45) is -0.553. The second-order valence-electron chi connectivity index (χ2n) is 3.55. The van der Waals surface area contributed by atoms with Gasteiger partial charge in [0.25, 0.3) is 0 Å². The Balaban J connectivity index is 2.88. The zero-order valence-electron chi connectivity index (χ0n) is 9.70. The molecule has 0 aliphatic heterocycles. The third-order valence-electron chi connectivity index (χ3n) is 1.94. The van der Waals surface area contributed by atoms with E-state index in [1.807, 2.05) is 0 Å². The molecule has 1 amide bonds.